The third-order valence-electron chi connectivity index (χ3n) is 17.1. The number of carbonyl (C=O) groups excluding carboxylic acids is 3. The number of benzene rings is 3. The molecule has 12 rings (SSSR count). The summed E-state index contributed by atoms with van der Waals surface area (Å²) < 4.78 is 0. The summed E-state index contributed by atoms with van der Waals surface area (Å²) in [4.78, 5) is 54.3. The van der Waals surface area contributed by atoms with E-state index in [1.54, 1.807) is 13.8 Å². The third kappa shape index (κ3) is 8.44. The minimum absolute atomic E-state index is 0.0866. The molecule has 6 heterocycles. The molecule has 0 spiro atoms. The van der Waals surface area contributed by atoms with E-state index < -0.39 is 0 Å². The Kier molecular flexibility index (Phi) is 13.2. The van der Waals surface area contributed by atoms with Crippen molar-refractivity contribution in [1.29, 1.82) is 0 Å². The molecule has 3 aliphatic carbocycles. The maximum absolute atomic E-state index is 12.3. The molecule has 10 nitrogen and oxygen atoms in total. The van der Waals surface area contributed by atoms with Crippen LogP contribution in [0.15, 0.2) is 73.2 Å². The lowest BCUT2D eigenvalue weighted by Gasteiger charge is -2.46. The molecule has 0 bridgehead atoms. The van der Waals surface area contributed by atoms with Gasteiger partial charge >= 0.3 is 0 Å². The van der Waals surface area contributed by atoms with Crippen LogP contribution in [0.2, 0.25) is 0 Å². The molecule has 0 amide bonds. The van der Waals surface area contributed by atoms with Gasteiger partial charge in [-0.2, -0.15) is 0 Å². The Morgan fingerprint density at radius 1 is 0.522 bits per heavy atom. The first-order chi connectivity index (χ1) is 32.6. The number of hydrogen-bond donors (Lipinski definition) is 4. The van der Waals surface area contributed by atoms with Crippen molar-refractivity contribution in [1.82, 2.24) is 29.7 Å². The van der Waals surface area contributed by atoms with Crippen molar-refractivity contribution in [2.24, 2.45) is 23.5 Å². The second kappa shape index (κ2) is 19.3. The SMILES string of the molecule is CCCN1C[C@H](C(=O)CN)C[C@@H]2c3cccc4[nH]cc(c34)C[C@H]21.CCCN1C[C@H](C(C)=O)C[C@@H]2c3cccc4[nH]cc(c34)C[C@H]21.CCCN1C[C@H](C(C)=O)C[C@@H]2c3cccc4[nH]cc(c34)C[C@H]21. The summed E-state index contributed by atoms with van der Waals surface area (Å²) in [5.41, 5.74) is 18.0. The summed E-state index contributed by atoms with van der Waals surface area (Å²) in [7, 11) is 0. The van der Waals surface area contributed by atoms with Crippen LogP contribution >= 0.6 is 0 Å². The van der Waals surface area contributed by atoms with Crippen LogP contribution in [0, 0.1) is 17.8 Å². The first-order valence-corrected chi connectivity index (χ1v) is 25.8. The van der Waals surface area contributed by atoms with E-state index in [2.05, 4.69) is 124 Å². The number of likely N-dealkylation sites (tertiary alicyclic amines) is 3. The van der Waals surface area contributed by atoms with Crippen molar-refractivity contribution in [3.05, 3.63) is 107 Å². The average molecular weight is 904 g/mol. The van der Waals surface area contributed by atoms with Crippen LogP contribution in [0.1, 0.15) is 124 Å². The van der Waals surface area contributed by atoms with Crippen molar-refractivity contribution in [3.8, 4) is 0 Å². The van der Waals surface area contributed by atoms with Gasteiger partial charge in [-0.05, 0) is 143 Å². The number of fused-ring (bicyclic) bond motifs is 6. The van der Waals surface area contributed by atoms with E-state index in [9.17, 15) is 14.4 Å². The van der Waals surface area contributed by atoms with Crippen LogP contribution in [0.3, 0.4) is 0 Å². The van der Waals surface area contributed by atoms with Gasteiger partial charge in [-0.3, -0.25) is 29.1 Å². The summed E-state index contributed by atoms with van der Waals surface area (Å²) in [6, 6.07) is 21.4. The largest absolute Gasteiger partial charge is 0.361 e. The molecule has 5 N–H and O–H groups in total. The molecular formula is C57H73N7O3. The number of aromatic nitrogens is 3. The fourth-order valence-corrected chi connectivity index (χ4v) is 14.0. The number of rotatable bonds is 10. The highest BCUT2D eigenvalue weighted by Gasteiger charge is 2.44. The molecule has 10 heteroatoms. The molecule has 0 unspecified atom stereocenters. The number of nitrogens with one attached hydrogen (secondary N) is 3. The predicted molar refractivity (Wildman–Crippen MR) is 271 cm³/mol. The Labute approximate surface area is 396 Å². The second-order valence-electron chi connectivity index (χ2n) is 21.1. The number of piperidine rings is 3. The molecule has 0 radical (unpaired) electrons. The Bertz CT molecular complexity index is 2640. The van der Waals surface area contributed by atoms with Crippen molar-refractivity contribution >= 4 is 50.1 Å². The topological polar surface area (TPSA) is 134 Å². The van der Waals surface area contributed by atoms with E-state index in [1.165, 1.54) is 66.1 Å². The smallest absolute Gasteiger partial charge is 0.150 e. The summed E-state index contributed by atoms with van der Waals surface area (Å²) in [5.74, 6) is 2.86. The minimum atomic E-state index is 0.0866. The first-order valence-electron chi connectivity index (χ1n) is 25.8. The zero-order valence-electron chi connectivity index (χ0n) is 40.6. The van der Waals surface area contributed by atoms with Crippen molar-refractivity contribution in [2.75, 3.05) is 45.8 Å². The fraction of sp³-hybridized carbons (Fsp3) is 0.526. The maximum Gasteiger partial charge on any atom is 0.150 e. The molecular weight excluding hydrogens is 831 g/mol. The third-order valence-corrected chi connectivity index (χ3v) is 17.1. The molecule has 3 aromatic heterocycles. The van der Waals surface area contributed by atoms with Crippen molar-refractivity contribution < 1.29 is 14.4 Å². The van der Waals surface area contributed by atoms with Crippen LogP contribution < -0.4 is 5.73 Å². The van der Waals surface area contributed by atoms with Crippen LogP contribution in [0.4, 0.5) is 0 Å². The number of aromatic amines is 3. The van der Waals surface area contributed by atoms with E-state index in [0.29, 0.717) is 47.4 Å². The van der Waals surface area contributed by atoms with Crippen LogP contribution in [0.5, 0.6) is 0 Å². The Hall–Kier alpha value is -4.87. The summed E-state index contributed by atoms with van der Waals surface area (Å²) in [6.45, 7) is 16.4. The first kappa shape index (κ1) is 45.9. The van der Waals surface area contributed by atoms with Gasteiger partial charge in [0.1, 0.15) is 11.6 Å². The van der Waals surface area contributed by atoms with Gasteiger partial charge in [0.2, 0.25) is 0 Å². The fourth-order valence-electron chi connectivity index (χ4n) is 14.0. The number of nitrogens with zero attached hydrogens (tertiary/aromatic N) is 3. The molecule has 354 valence electrons. The lowest BCUT2D eigenvalue weighted by molar-refractivity contribution is -0.124. The highest BCUT2D eigenvalue weighted by Crippen LogP contribution is 2.48. The van der Waals surface area contributed by atoms with E-state index >= 15 is 0 Å². The van der Waals surface area contributed by atoms with Crippen molar-refractivity contribution in [2.45, 2.75) is 128 Å². The maximum atomic E-state index is 12.3. The normalized spacial score (nSPS) is 27.6. The number of ketones is 3. The highest BCUT2D eigenvalue weighted by molar-refractivity contribution is 5.91. The number of carbonyl (C=O) groups is 3. The average Bonchev–Trinajstić information content (AvgIpc) is 4.09. The van der Waals surface area contributed by atoms with Crippen LogP contribution in [-0.2, 0) is 33.6 Å². The summed E-state index contributed by atoms with van der Waals surface area (Å²) >= 11 is 0. The zero-order chi connectivity index (χ0) is 46.5. The standard InChI is InChI=1S/C19H25N3O.2C19H24N2O/c1-2-6-22-11-13(18(23)9-20)7-15-14-4-3-5-16-19(14)12(10-21-16)8-17(15)22;2*1-3-7-21-11-14(12(2)22)8-16-15-5-4-6-17-19(15)13(10-20-17)9-18(16)21/h3-5,10,13,15,17,21H,2,6-9,11,20H2,1H3;2*4-6,10,14,16,18,20H,3,7-9,11H2,1-2H3/t13-,15-,17-;2*14-,16-,18-/m111/s1. The van der Waals surface area contributed by atoms with E-state index in [0.717, 1.165) is 97.1 Å². The van der Waals surface area contributed by atoms with Gasteiger partial charge in [-0.25, -0.2) is 0 Å². The van der Waals surface area contributed by atoms with Gasteiger partial charge in [0.05, 0.1) is 6.54 Å². The van der Waals surface area contributed by atoms with Gasteiger partial charge in [-0.15, -0.1) is 0 Å². The lowest BCUT2D eigenvalue weighted by Crippen LogP contribution is -2.52. The van der Waals surface area contributed by atoms with Crippen LogP contribution in [0.25, 0.3) is 32.7 Å². The monoisotopic (exact) mass is 904 g/mol. The van der Waals surface area contributed by atoms with Crippen molar-refractivity contribution in [3.63, 3.8) is 0 Å². The molecule has 67 heavy (non-hydrogen) atoms. The molecule has 3 saturated heterocycles. The Morgan fingerprint density at radius 3 is 1.16 bits per heavy atom. The van der Waals surface area contributed by atoms with Gasteiger partial charge < -0.3 is 20.7 Å². The van der Waals surface area contributed by atoms with Gasteiger partial charge in [-0.1, -0.05) is 57.2 Å². The Morgan fingerprint density at radius 2 is 0.851 bits per heavy atom. The molecule has 9 atom stereocenters. The minimum Gasteiger partial charge on any atom is -0.361 e. The summed E-state index contributed by atoms with van der Waals surface area (Å²) in [6.07, 6.45) is 16.3. The quantitative estimate of drug-likeness (QED) is 0.108. The molecule has 0 saturated carbocycles. The molecule has 6 aromatic rings. The zero-order valence-corrected chi connectivity index (χ0v) is 40.6. The van der Waals surface area contributed by atoms with E-state index in [-0.39, 0.29) is 30.1 Å². The predicted octanol–water partition coefficient (Wildman–Crippen LogP) is 9.43. The molecule has 3 aliphatic heterocycles. The molecule has 3 fully saturated rings. The van der Waals surface area contributed by atoms with E-state index in [1.807, 2.05) is 0 Å². The molecule has 3 aromatic carbocycles. The summed E-state index contributed by atoms with van der Waals surface area (Å²) in [5, 5.41) is 4.24. The highest BCUT2D eigenvalue weighted by atomic mass is 16.1. The number of nitrogens with two attached hydrogens (primary N) is 1. The molecule has 6 aliphatic rings. The van der Waals surface area contributed by atoms with Crippen LogP contribution in [-0.4, -0.2) is 111 Å². The number of Topliss-reactive ketones (excluding diaryl/α,β-unsaturated/α-hetero) is 3. The van der Waals surface area contributed by atoms with E-state index in [4.69, 9.17) is 5.73 Å². The Balaban J connectivity index is 0.000000118. The lowest BCUT2D eigenvalue weighted by atomic mass is 9.71. The number of H-pyrrole nitrogens is 3. The van der Waals surface area contributed by atoms with Gasteiger partial charge in [0.15, 0.2) is 5.78 Å². The van der Waals surface area contributed by atoms with Gasteiger partial charge in [0, 0.05) is 125 Å². The van der Waals surface area contributed by atoms with Gasteiger partial charge in [0.25, 0.3) is 0 Å². The number of hydrogen-bond acceptors (Lipinski definition) is 7. The second-order valence-corrected chi connectivity index (χ2v) is 21.1.